The maximum atomic E-state index is 3.77. The zero-order valence-electron chi connectivity index (χ0n) is 11.0. The smallest absolute Gasteiger partial charge is 0.00680 e. The predicted octanol–water partition coefficient (Wildman–Crippen LogP) is 2.50. The number of hydrogen-bond donors (Lipinski definition) is 1. The molecular weight excluding hydrogens is 196 g/mol. The monoisotopic (exact) mass is 224 g/mol. The summed E-state index contributed by atoms with van der Waals surface area (Å²) < 4.78 is 0. The second-order valence-corrected chi connectivity index (χ2v) is 5.77. The van der Waals surface area contributed by atoms with Crippen LogP contribution in [-0.2, 0) is 0 Å². The van der Waals surface area contributed by atoms with Gasteiger partial charge in [0.25, 0.3) is 0 Å². The van der Waals surface area contributed by atoms with E-state index in [0.29, 0.717) is 0 Å². The van der Waals surface area contributed by atoms with Crippen molar-refractivity contribution in [3.8, 4) is 0 Å². The average Bonchev–Trinajstić information content (AvgIpc) is 2.27. The summed E-state index contributed by atoms with van der Waals surface area (Å²) in [5.74, 6) is 1.92. The van der Waals surface area contributed by atoms with Gasteiger partial charge in [0, 0.05) is 6.04 Å². The van der Waals surface area contributed by atoms with Crippen LogP contribution < -0.4 is 5.32 Å². The van der Waals surface area contributed by atoms with E-state index in [2.05, 4.69) is 24.1 Å². The molecule has 0 bridgehead atoms. The van der Waals surface area contributed by atoms with Crippen LogP contribution in [0.15, 0.2) is 0 Å². The third kappa shape index (κ3) is 3.21. The van der Waals surface area contributed by atoms with Crippen LogP contribution in [0.5, 0.6) is 0 Å². The first-order valence-corrected chi connectivity index (χ1v) is 7.25. The molecule has 2 aliphatic rings. The lowest BCUT2D eigenvalue weighted by Crippen LogP contribution is -2.43. The van der Waals surface area contributed by atoms with Crippen molar-refractivity contribution in [2.24, 2.45) is 11.8 Å². The molecule has 2 fully saturated rings. The third-order valence-electron chi connectivity index (χ3n) is 4.74. The summed E-state index contributed by atoms with van der Waals surface area (Å²) in [4.78, 5) is 2.58. The Morgan fingerprint density at radius 3 is 2.38 bits per heavy atom. The highest BCUT2D eigenvalue weighted by Gasteiger charge is 2.24. The summed E-state index contributed by atoms with van der Waals surface area (Å²) in [6, 6.07) is 0.736. The highest BCUT2D eigenvalue weighted by Crippen LogP contribution is 2.26. The van der Waals surface area contributed by atoms with E-state index in [1.807, 2.05) is 0 Å². The van der Waals surface area contributed by atoms with Gasteiger partial charge in [0.2, 0.25) is 0 Å². The number of piperidine rings is 1. The largest absolute Gasteiger partial charge is 0.314 e. The number of rotatable bonds is 5. The second-order valence-electron chi connectivity index (χ2n) is 5.77. The summed E-state index contributed by atoms with van der Waals surface area (Å²) in [5.41, 5.74) is 0. The molecule has 0 aromatic rings. The molecule has 0 radical (unpaired) electrons. The molecule has 1 atom stereocenters. The van der Waals surface area contributed by atoms with Gasteiger partial charge in [-0.05, 0) is 70.6 Å². The van der Waals surface area contributed by atoms with Crippen molar-refractivity contribution in [2.75, 3.05) is 26.2 Å². The molecule has 94 valence electrons. The topological polar surface area (TPSA) is 15.3 Å². The Hall–Kier alpha value is -0.0800. The minimum atomic E-state index is 0.736. The molecule has 0 amide bonds. The lowest BCUT2D eigenvalue weighted by Gasteiger charge is -2.36. The van der Waals surface area contributed by atoms with Crippen molar-refractivity contribution < 1.29 is 0 Å². The lowest BCUT2D eigenvalue weighted by atomic mass is 9.84. The maximum absolute atomic E-state index is 3.77. The number of nitrogens with one attached hydrogen (secondary N) is 1. The van der Waals surface area contributed by atoms with Crippen molar-refractivity contribution in [3.63, 3.8) is 0 Å². The Balaban J connectivity index is 1.63. The van der Waals surface area contributed by atoms with Crippen molar-refractivity contribution in [1.29, 1.82) is 0 Å². The Morgan fingerprint density at radius 2 is 1.88 bits per heavy atom. The first-order valence-electron chi connectivity index (χ1n) is 7.25. The first kappa shape index (κ1) is 12.4. The molecule has 16 heavy (non-hydrogen) atoms. The van der Waals surface area contributed by atoms with Crippen LogP contribution in [0.1, 0.15) is 46.0 Å². The minimum absolute atomic E-state index is 0.736. The normalized spacial score (nSPS) is 26.6. The van der Waals surface area contributed by atoms with E-state index in [0.717, 1.165) is 17.9 Å². The van der Waals surface area contributed by atoms with E-state index in [1.54, 1.807) is 0 Å². The zero-order chi connectivity index (χ0) is 11.4. The van der Waals surface area contributed by atoms with Gasteiger partial charge in [-0.3, -0.25) is 0 Å². The molecule has 0 aromatic heterocycles. The van der Waals surface area contributed by atoms with Crippen LogP contribution in [0, 0.1) is 11.8 Å². The maximum Gasteiger partial charge on any atom is 0.00680 e. The lowest BCUT2D eigenvalue weighted by molar-refractivity contribution is 0.163. The van der Waals surface area contributed by atoms with Crippen molar-refractivity contribution in [3.05, 3.63) is 0 Å². The van der Waals surface area contributed by atoms with Gasteiger partial charge in [-0.25, -0.2) is 0 Å². The highest BCUT2D eigenvalue weighted by atomic mass is 15.1. The van der Waals surface area contributed by atoms with Crippen LogP contribution in [0.2, 0.25) is 0 Å². The van der Waals surface area contributed by atoms with Crippen LogP contribution >= 0.6 is 0 Å². The predicted molar refractivity (Wildman–Crippen MR) is 69.6 cm³/mol. The first-order chi connectivity index (χ1) is 7.79. The Labute approximate surface area is 101 Å². The summed E-state index contributed by atoms with van der Waals surface area (Å²) in [5, 5.41) is 3.77. The quantitative estimate of drug-likeness (QED) is 0.772. The van der Waals surface area contributed by atoms with Crippen LogP contribution in [0.25, 0.3) is 0 Å². The second kappa shape index (κ2) is 6.02. The van der Waals surface area contributed by atoms with Gasteiger partial charge in [-0.2, -0.15) is 0 Å². The highest BCUT2D eigenvalue weighted by molar-refractivity contribution is 4.81. The van der Waals surface area contributed by atoms with Gasteiger partial charge < -0.3 is 10.2 Å². The fourth-order valence-corrected chi connectivity index (χ4v) is 2.99. The molecule has 2 nitrogen and oxygen atoms in total. The standard InChI is InChI=1S/C14H28N2/c1-3-16-9-7-14(8-10-16)12(2)15-11-13-5-4-6-13/h12-15H,3-11H2,1-2H3. The molecule has 1 heterocycles. The van der Waals surface area contributed by atoms with Gasteiger partial charge >= 0.3 is 0 Å². The van der Waals surface area contributed by atoms with E-state index in [4.69, 9.17) is 0 Å². The number of nitrogens with zero attached hydrogens (tertiary/aromatic N) is 1. The molecule has 1 aliphatic heterocycles. The Kier molecular flexibility index (Phi) is 4.66. The van der Waals surface area contributed by atoms with Crippen molar-refractivity contribution >= 4 is 0 Å². The van der Waals surface area contributed by atoms with Crippen LogP contribution in [0.3, 0.4) is 0 Å². The number of likely N-dealkylation sites (tertiary alicyclic amines) is 1. The SMILES string of the molecule is CCN1CCC(C(C)NCC2CCC2)CC1. The average molecular weight is 224 g/mol. The van der Waals surface area contributed by atoms with E-state index in [-0.39, 0.29) is 0 Å². The molecule has 1 aliphatic carbocycles. The number of hydrogen-bond acceptors (Lipinski definition) is 2. The molecule has 2 heteroatoms. The summed E-state index contributed by atoms with van der Waals surface area (Å²) in [6.07, 6.45) is 7.19. The Bertz CT molecular complexity index is 193. The van der Waals surface area contributed by atoms with E-state index in [9.17, 15) is 0 Å². The Morgan fingerprint density at radius 1 is 1.19 bits per heavy atom. The molecule has 1 saturated carbocycles. The van der Waals surface area contributed by atoms with Crippen molar-refractivity contribution in [1.82, 2.24) is 10.2 Å². The van der Waals surface area contributed by atoms with E-state index >= 15 is 0 Å². The molecule has 1 N–H and O–H groups in total. The zero-order valence-corrected chi connectivity index (χ0v) is 11.0. The van der Waals surface area contributed by atoms with Crippen LogP contribution in [0.4, 0.5) is 0 Å². The minimum Gasteiger partial charge on any atom is -0.314 e. The van der Waals surface area contributed by atoms with E-state index in [1.165, 1.54) is 58.3 Å². The van der Waals surface area contributed by atoms with Crippen molar-refractivity contribution in [2.45, 2.75) is 52.0 Å². The van der Waals surface area contributed by atoms with Gasteiger partial charge in [0.1, 0.15) is 0 Å². The van der Waals surface area contributed by atoms with Crippen LogP contribution in [-0.4, -0.2) is 37.1 Å². The molecule has 1 saturated heterocycles. The molecule has 0 aromatic carbocycles. The van der Waals surface area contributed by atoms with Gasteiger partial charge in [0.05, 0.1) is 0 Å². The van der Waals surface area contributed by atoms with Gasteiger partial charge in [0.15, 0.2) is 0 Å². The summed E-state index contributed by atoms with van der Waals surface area (Å²) in [7, 11) is 0. The molecule has 2 rings (SSSR count). The summed E-state index contributed by atoms with van der Waals surface area (Å²) >= 11 is 0. The molecule has 0 spiro atoms. The third-order valence-corrected chi connectivity index (χ3v) is 4.74. The van der Waals surface area contributed by atoms with Gasteiger partial charge in [-0.15, -0.1) is 0 Å². The van der Waals surface area contributed by atoms with Gasteiger partial charge in [-0.1, -0.05) is 13.3 Å². The summed E-state index contributed by atoms with van der Waals surface area (Å²) in [6.45, 7) is 9.81. The molecule has 1 unspecified atom stereocenters. The fraction of sp³-hybridized carbons (Fsp3) is 1.00. The molecular formula is C14H28N2. The van der Waals surface area contributed by atoms with E-state index < -0.39 is 0 Å². The fourth-order valence-electron chi connectivity index (χ4n) is 2.99.